The summed E-state index contributed by atoms with van der Waals surface area (Å²) in [5, 5.41) is 0. The lowest BCUT2D eigenvalue weighted by Gasteiger charge is -2.34. The molecule has 1 heterocycles. The Morgan fingerprint density at radius 1 is 1.16 bits per heavy atom. The van der Waals surface area contributed by atoms with Crippen molar-refractivity contribution < 1.29 is 17.9 Å². The monoisotopic (exact) mass is 383 g/mol. The molecule has 1 aliphatic carbocycles. The van der Waals surface area contributed by atoms with Crippen LogP contribution in [0.2, 0.25) is 0 Å². The molecule has 2 aliphatic rings. The number of hydrogen-bond donors (Lipinski definition) is 0. The van der Waals surface area contributed by atoms with Crippen molar-refractivity contribution in [3.8, 4) is 5.75 Å². The van der Waals surface area contributed by atoms with E-state index in [0.717, 1.165) is 36.3 Å². The van der Waals surface area contributed by atoms with Gasteiger partial charge in [0.15, 0.2) is 9.84 Å². The number of thioether (sulfide) groups is 1. The molecular weight excluding hydrogens is 358 g/mol. The number of hydrogen-bond acceptors (Lipinski definition) is 5. The average molecular weight is 384 g/mol. The zero-order valence-corrected chi connectivity index (χ0v) is 16.2. The van der Waals surface area contributed by atoms with Crippen molar-refractivity contribution in [2.24, 2.45) is 0 Å². The number of rotatable bonds is 6. The van der Waals surface area contributed by atoms with Crippen LogP contribution in [0.5, 0.6) is 5.75 Å². The van der Waals surface area contributed by atoms with Gasteiger partial charge in [0.2, 0.25) is 5.91 Å². The quantitative estimate of drug-likeness (QED) is 0.707. The SMILES string of the molecule is COc1ccc(SCC(=O)N(C2CCCC2)[C@@H]2CCS(=O)(=O)C2)cc1. The first-order valence-corrected chi connectivity index (χ1v) is 11.6. The molecule has 0 radical (unpaired) electrons. The van der Waals surface area contributed by atoms with Crippen LogP contribution >= 0.6 is 11.8 Å². The molecule has 25 heavy (non-hydrogen) atoms. The maximum Gasteiger partial charge on any atom is 0.233 e. The molecule has 1 saturated heterocycles. The first-order chi connectivity index (χ1) is 12.0. The molecule has 1 aromatic rings. The van der Waals surface area contributed by atoms with Crippen molar-refractivity contribution in [1.29, 1.82) is 0 Å². The van der Waals surface area contributed by atoms with E-state index in [2.05, 4.69) is 0 Å². The van der Waals surface area contributed by atoms with E-state index >= 15 is 0 Å². The first kappa shape index (κ1) is 18.6. The molecule has 0 unspecified atom stereocenters. The zero-order chi connectivity index (χ0) is 17.9. The second-order valence-electron chi connectivity index (χ2n) is 6.76. The van der Waals surface area contributed by atoms with E-state index in [4.69, 9.17) is 4.74 Å². The largest absolute Gasteiger partial charge is 0.497 e. The van der Waals surface area contributed by atoms with Crippen LogP contribution in [0, 0.1) is 0 Å². The molecule has 5 nitrogen and oxygen atoms in total. The minimum atomic E-state index is -2.99. The van der Waals surface area contributed by atoms with Crippen molar-refractivity contribution in [1.82, 2.24) is 4.90 Å². The van der Waals surface area contributed by atoms with Gasteiger partial charge in [-0.15, -0.1) is 11.8 Å². The molecule has 1 aliphatic heterocycles. The summed E-state index contributed by atoms with van der Waals surface area (Å²) in [4.78, 5) is 15.8. The van der Waals surface area contributed by atoms with E-state index in [0.29, 0.717) is 12.2 Å². The molecule has 1 atom stereocenters. The third-order valence-corrected chi connectivity index (χ3v) is 7.78. The highest BCUT2D eigenvalue weighted by molar-refractivity contribution is 8.00. The summed E-state index contributed by atoms with van der Waals surface area (Å²) >= 11 is 1.50. The highest BCUT2D eigenvalue weighted by atomic mass is 32.2. The number of nitrogens with zero attached hydrogens (tertiary/aromatic N) is 1. The fourth-order valence-corrected chi connectivity index (χ4v) is 6.25. The molecule has 3 rings (SSSR count). The van der Waals surface area contributed by atoms with E-state index < -0.39 is 9.84 Å². The van der Waals surface area contributed by atoms with Gasteiger partial charge in [-0.2, -0.15) is 0 Å². The van der Waals surface area contributed by atoms with Crippen molar-refractivity contribution in [2.75, 3.05) is 24.4 Å². The van der Waals surface area contributed by atoms with Gasteiger partial charge >= 0.3 is 0 Å². The lowest BCUT2D eigenvalue weighted by atomic mass is 10.1. The summed E-state index contributed by atoms with van der Waals surface area (Å²) in [6.45, 7) is 0. The van der Waals surface area contributed by atoms with Crippen molar-refractivity contribution in [2.45, 2.75) is 49.1 Å². The highest BCUT2D eigenvalue weighted by Gasteiger charge is 2.38. The minimum absolute atomic E-state index is 0.0646. The van der Waals surface area contributed by atoms with E-state index in [9.17, 15) is 13.2 Å². The fraction of sp³-hybridized carbons (Fsp3) is 0.611. The van der Waals surface area contributed by atoms with Gasteiger partial charge in [0.05, 0.1) is 24.4 Å². The Bertz CT molecular complexity index is 696. The summed E-state index contributed by atoms with van der Waals surface area (Å²) in [7, 11) is -1.37. The second-order valence-corrected chi connectivity index (χ2v) is 10.0. The molecule has 0 aromatic heterocycles. The predicted octanol–water partition coefficient (Wildman–Crippen LogP) is 2.75. The van der Waals surface area contributed by atoms with E-state index in [1.54, 1.807) is 7.11 Å². The minimum Gasteiger partial charge on any atom is -0.497 e. The lowest BCUT2D eigenvalue weighted by Crippen LogP contribution is -2.47. The van der Waals surface area contributed by atoms with Gasteiger partial charge in [-0.3, -0.25) is 4.79 Å². The van der Waals surface area contributed by atoms with Crippen LogP contribution < -0.4 is 4.74 Å². The maximum absolute atomic E-state index is 12.9. The van der Waals surface area contributed by atoms with Crippen LogP contribution in [0.3, 0.4) is 0 Å². The molecule has 2 fully saturated rings. The third-order valence-electron chi connectivity index (χ3n) is 5.03. The van der Waals surface area contributed by atoms with Gasteiger partial charge in [-0.1, -0.05) is 12.8 Å². The zero-order valence-electron chi connectivity index (χ0n) is 14.5. The summed E-state index contributed by atoms with van der Waals surface area (Å²) in [5.41, 5.74) is 0. The summed E-state index contributed by atoms with van der Waals surface area (Å²) in [5.74, 6) is 1.54. The summed E-state index contributed by atoms with van der Waals surface area (Å²) in [6, 6.07) is 7.71. The molecule has 0 spiro atoms. The van der Waals surface area contributed by atoms with E-state index in [-0.39, 0.29) is 29.5 Å². The molecule has 0 bridgehead atoms. The van der Waals surface area contributed by atoms with Crippen LogP contribution in [0.15, 0.2) is 29.2 Å². The Hall–Kier alpha value is -1.21. The lowest BCUT2D eigenvalue weighted by molar-refractivity contribution is -0.132. The number of amides is 1. The number of benzene rings is 1. The van der Waals surface area contributed by atoms with Crippen LogP contribution in [0.4, 0.5) is 0 Å². The standard InChI is InChI=1S/C18H25NO4S2/c1-23-16-6-8-17(9-7-16)24-12-18(20)19(14-4-2-3-5-14)15-10-11-25(21,22)13-15/h6-9,14-15H,2-5,10-13H2,1H3/t15-/m1/s1. The normalized spacial score (nSPS) is 22.8. The Morgan fingerprint density at radius 3 is 2.40 bits per heavy atom. The van der Waals surface area contributed by atoms with Gasteiger partial charge in [0.1, 0.15) is 5.75 Å². The number of ether oxygens (including phenoxy) is 1. The molecular formula is C18H25NO4S2. The van der Waals surface area contributed by atoms with Crippen LogP contribution in [0.1, 0.15) is 32.1 Å². The van der Waals surface area contributed by atoms with Gasteiger partial charge in [-0.05, 0) is 43.5 Å². The number of sulfone groups is 1. The molecule has 1 amide bonds. The Kier molecular flexibility index (Phi) is 5.94. The summed E-state index contributed by atoms with van der Waals surface area (Å²) in [6.07, 6.45) is 4.82. The Labute approximate surface area is 154 Å². The maximum atomic E-state index is 12.9. The number of carbonyl (C=O) groups is 1. The van der Waals surface area contributed by atoms with Crippen LogP contribution in [0.25, 0.3) is 0 Å². The molecule has 1 aromatic carbocycles. The Morgan fingerprint density at radius 2 is 1.84 bits per heavy atom. The van der Waals surface area contributed by atoms with Gasteiger partial charge in [-0.25, -0.2) is 8.42 Å². The van der Waals surface area contributed by atoms with Crippen molar-refractivity contribution in [3.63, 3.8) is 0 Å². The Balaban J connectivity index is 1.66. The van der Waals surface area contributed by atoms with Crippen LogP contribution in [-0.4, -0.2) is 55.7 Å². The fourth-order valence-electron chi connectivity index (χ4n) is 3.77. The molecule has 0 N–H and O–H groups in total. The topological polar surface area (TPSA) is 63.7 Å². The van der Waals surface area contributed by atoms with Gasteiger partial charge < -0.3 is 9.64 Å². The number of carbonyl (C=O) groups excluding carboxylic acids is 1. The number of methoxy groups -OCH3 is 1. The highest BCUT2D eigenvalue weighted by Crippen LogP contribution is 2.30. The molecule has 7 heteroatoms. The first-order valence-electron chi connectivity index (χ1n) is 8.77. The van der Waals surface area contributed by atoms with Crippen molar-refractivity contribution >= 4 is 27.5 Å². The van der Waals surface area contributed by atoms with E-state index in [1.807, 2.05) is 29.2 Å². The third kappa shape index (κ3) is 4.70. The second kappa shape index (κ2) is 7.99. The molecule has 138 valence electrons. The van der Waals surface area contributed by atoms with Gasteiger partial charge in [0.25, 0.3) is 0 Å². The van der Waals surface area contributed by atoms with Crippen LogP contribution in [-0.2, 0) is 14.6 Å². The predicted molar refractivity (Wildman–Crippen MR) is 99.9 cm³/mol. The molecule has 1 saturated carbocycles. The summed E-state index contributed by atoms with van der Waals surface area (Å²) < 4.78 is 28.9. The average Bonchev–Trinajstić information content (AvgIpc) is 3.24. The van der Waals surface area contributed by atoms with E-state index in [1.165, 1.54) is 11.8 Å². The van der Waals surface area contributed by atoms with Crippen molar-refractivity contribution in [3.05, 3.63) is 24.3 Å². The van der Waals surface area contributed by atoms with Gasteiger partial charge in [0, 0.05) is 17.0 Å². The smallest absolute Gasteiger partial charge is 0.233 e.